The lowest BCUT2D eigenvalue weighted by Gasteiger charge is -2.00. The molecule has 6 nitrogen and oxygen atoms in total. The first-order valence-electron chi connectivity index (χ1n) is 6.38. The molecule has 0 spiro atoms. The minimum absolute atomic E-state index is 0.180. The second kappa shape index (κ2) is 4.45. The number of imidazole rings is 1. The third kappa shape index (κ3) is 1.85. The summed E-state index contributed by atoms with van der Waals surface area (Å²) in [7, 11) is 0. The van der Waals surface area contributed by atoms with Crippen LogP contribution in [-0.2, 0) is 0 Å². The van der Waals surface area contributed by atoms with E-state index >= 15 is 0 Å². The van der Waals surface area contributed by atoms with Crippen LogP contribution in [0.1, 0.15) is 0 Å². The standard InChI is InChI=1S/C15H9N5O/c21-19-14-8-16-18-15-17-13(9-20(14)15)12-6-5-10-3-1-2-4-11(10)7-12/h1-9H. The Morgan fingerprint density at radius 1 is 1.05 bits per heavy atom. The number of nitroso groups, excluding NO2 is 1. The zero-order valence-electron chi connectivity index (χ0n) is 10.8. The smallest absolute Gasteiger partial charge is 0.255 e. The highest BCUT2D eigenvalue weighted by molar-refractivity contribution is 5.86. The lowest BCUT2D eigenvalue weighted by molar-refractivity contribution is 0.961. The van der Waals surface area contributed by atoms with Crippen LogP contribution in [-0.4, -0.2) is 19.6 Å². The van der Waals surface area contributed by atoms with E-state index in [9.17, 15) is 4.91 Å². The molecule has 2 heterocycles. The summed E-state index contributed by atoms with van der Waals surface area (Å²) in [5.74, 6) is 0.537. The third-order valence-corrected chi connectivity index (χ3v) is 3.39. The van der Waals surface area contributed by atoms with E-state index in [0.29, 0.717) is 5.78 Å². The Bertz CT molecular complexity index is 976. The number of rotatable bonds is 2. The number of fused-ring (bicyclic) bond motifs is 2. The highest BCUT2D eigenvalue weighted by Gasteiger charge is 2.09. The molecule has 4 aromatic rings. The van der Waals surface area contributed by atoms with Gasteiger partial charge in [0.25, 0.3) is 5.78 Å². The minimum Gasteiger partial charge on any atom is -0.262 e. The fourth-order valence-electron chi connectivity index (χ4n) is 2.36. The lowest BCUT2D eigenvalue weighted by atomic mass is 10.1. The van der Waals surface area contributed by atoms with Crippen molar-refractivity contribution in [1.29, 1.82) is 0 Å². The molecule has 0 fully saturated rings. The summed E-state index contributed by atoms with van der Waals surface area (Å²) in [6.45, 7) is 0. The van der Waals surface area contributed by atoms with E-state index in [1.54, 1.807) is 6.20 Å². The van der Waals surface area contributed by atoms with Gasteiger partial charge in [-0.3, -0.25) is 4.40 Å². The summed E-state index contributed by atoms with van der Waals surface area (Å²) in [6.07, 6.45) is 3.05. The summed E-state index contributed by atoms with van der Waals surface area (Å²) in [6, 6.07) is 14.2. The average molecular weight is 275 g/mol. The number of hydrogen-bond acceptors (Lipinski definition) is 5. The molecule has 100 valence electrons. The maximum Gasteiger partial charge on any atom is 0.255 e. The molecule has 0 unspecified atom stereocenters. The Kier molecular flexibility index (Phi) is 2.47. The van der Waals surface area contributed by atoms with Crippen LogP contribution < -0.4 is 0 Å². The molecule has 2 aromatic heterocycles. The molecule has 0 saturated carbocycles. The van der Waals surface area contributed by atoms with Gasteiger partial charge >= 0.3 is 0 Å². The van der Waals surface area contributed by atoms with Gasteiger partial charge in [0.1, 0.15) is 0 Å². The van der Waals surface area contributed by atoms with Crippen LogP contribution in [0.4, 0.5) is 5.82 Å². The van der Waals surface area contributed by atoms with Gasteiger partial charge in [0, 0.05) is 11.8 Å². The Morgan fingerprint density at radius 3 is 2.76 bits per heavy atom. The van der Waals surface area contributed by atoms with Crippen LogP contribution in [0.2, 0.25) is 0 Å². The third-order valence-electron chi connectivity index (χ3n) is 3.39. The average Bonchev–Trinajstić information content (AvgIpc) is 2.98. The monoisotopic (exact) mass is 275 g/mol. The van der Waals surface area contributed by atoms with Gasteiger partial charge in [-0.15, -0.1) is 10.0 Å². The van der Waals surface area contributed by atoms with Crippen molar-refractivity contribution in [2.75, 3.05) is 0 Å². The van der Waals surface area contributed by atoms with Gasteiger partial charge in [-0.05, 0) is 22.0 Å². The summed E-state index contributed by atoms with van der Waals surface area (Å²) < 4.78 is 1.53. The summed E-state index contributed by atoms with van der Waals surface area (Å²) in [5, 5.41) is 12.8. The predicted molar refractivity (Wildman–Crippen MR) is 79.2 cm³/mol. The predicted octanol–water partition coefficient (Wildman–Crippen LogP) is 3.34. The fourth-order valence-corrected chi connectivity index (χ4v) is 2.36. The van der Waals surface area contributed by atoms with Gasteiger partial charge in [-0.2, -0.15) is 5.10 Å². The molecule has 0 saturated heterocycles. The number of hydrogen-bond donors (Lipinski definition) is 0. The van der Waals surface area contributed by atoms with Crippen LogP contribution in [0.15, 0.2) is 60.0 Å². The topological polar surface area (TPSA) is 72.5 Å². The molecule has 2 aromatic carbocycles. The van der Waals surface area contributed by atoms with E-state index in [4.69, 9.17) is 0 Å². The highest BCUT2D eigenvalue weighted by Crippen LogP contribution is 2.25. The molecule has 0 atom stereocenters. The second-order valence-electron chi connectivity index (χ2n) is 4.65. The van der Waals surface area contributed by atoms with Crippen molar-refractivity contribution in [2.45, 2.75) is 0 Å². The van der Waals surface area contributed by atoms with E-state index < -0.39 is 0 Å². The van der Waals surface area contributed by atoms with Gasteiger partial charge in [-0.1, -0.05) is 36.4 Å². The minimum atomic E-state index is 0.180. The number of aromatic nitrogens is 4. The van der Waals surface area contributed by atoms with E-state index in [2.05, 4.69) is 32.5 Å². The summed E-state index contributed by atoms with van der Waals surface area (Å²) >= 11 is 0. The summed E-state index contributed by atoms with van der Waals surface area (Å²) in [5.41, 5.74) is 1.68. The molecule has 0 amide bonds. The maximum absolute atomic E-state index is 10.8. The quantitative estimate of drug-likeness (QED) is 0.526. The molecule has 0 radical (unpaired) electrons. The van der Waals surface area contributed by atoms with Crippen molar-refractivity contribution in [1.82, 2.24) is 19.6 Å². The molecule has 0 N–H and O–H groups in total. The van der Waals surface area contributed by atoms with E-state index in [0.717, 1.165) is 16.6 Å². The summed E-state index contributed by atoms with van der Waals surface area (Å²) in [4.78, 5) is 15.2. The molecule has 0 aliphatic carbocycles. The molecule has 0 aliphatic rings. The van der Waals surface area contributed by atoms with E-state index in [1.165, 1.54) is 16.0 Å². The Hall–Kier alpha value is -3.15. The van der Waals surface area contributed by atoms with E-state index in [1.807, 2.05) is 30.3 Å². The van der Waals surface area contributed by atoms with Crippen molar-refractivity contribution in [3.63, 3.8) is 0 Å². The molecular weight excluding hydrogens is 266 g/mol. The SMILES string of the molecule is O=Nc1cnnc2nc(-c3ccc4ccccc4c3)cn12. The first kappa shape index (κ1) is 11.7. The molecule has 0 bridgehead atoms. The normalized spacial score (nSPS) is 11.0. The maximum atomic E-state index is 10.8. The Balaban J connectivity index is 1.93. The van der Waals surface area contributed by atoms with Crippen LogP contribution in [0, 0.1) is 4.91 Å². The van der Waals surface area contributed by atoms with Gasteiger partial charge in [0.2, 0.25) is 5.82 Å². The largest absolute Gasteiger partial charge is 0.262 e. The molecule has 21 heavy (non-hydrogen) atoms. The van der Waals surface area contributed by atoms with Crippen LogP contribution in [0.3, 0.4) is 0 Å². The van der Waals surface area contributed by atoms with Gasteiger partial charge < -0.3 is 0 Å². The second-order valence-corrected chi connectivity index (χ2v) is 4.65. The van der Waals surface area contributed by atoms with Crippen molar-refractivity contribution in [3.8, 4) is 11.3 Å². The highest BCUT2D eigenvalue weighted by atomic mass is 16.3. The van der Waals surface area contributed by atoms with Gasteiger partial charge in [-0.25, -0.2) is 4.98 Å². The molecule has 6 heteroatoms. The lowest BCUT2D eigenvalue weighted by Crippen LogP contribution is -1.90. The van der Waals surface area contributed by atoms with Gasteiger partial charge in [0.05, 0.1) is 11.9 Å². The molecule has 4 rings (SSSR count). The molecule has 0 aliphatic heterocycles. The first-order chi connectivity index (χ1) is 10.3. The van der Waals surface area contributed by atoms with Crippen molar-refractivity contribution in [3.05, 3.63) is 59.8 Å². The fraction of sp³-hybridized carbons (Fsp3) is 0. The van der Waals surface area contributed by atoms with E-state index in [-0.39, 0.29) is 5.82 Å². The first-order valence-corrected chi connectivity index (χ1v) is 6.38. The zero-order chi connectivity index (χ0) is 14.2. The Morgan fingerprint density at radius 2 is 1.90 bits per heavy atom. The number of benzene rings is 2. The molecular formula is C15H9N5O. The zero-order valence-corrected chi connectivity index (χ0v) is 10.8. The van der Waals surface area contributed by atoms with Gasteiger partial charge in [0.15, 0.2) is 0 Å². The Labute approximate surface area is 119 Å². The van der Waals surface area contributed by atoms with Crippen molar-refractivity contribution < 1.29 is 0 Å². The number of nitrogens with zero attached hydrogens (tertiary/aromatic N) is 5. The van der Waals surface area contributed by atoms with Crippen LogP contribution in [0.5, 0.6) is 0 Å². The van der Waals surface area contributed by atoms with Crippen molar-refractivity contribution in [2.24, 2.45) is 5.18 Å². The van der Waals surface area contributed by atoms with Crippen LogP contribution in [0.25, 0.3) is 27.8 Å². The van der Waals surface area contributed by atoms with Crippen molar-refractivity contribution >= 4 is 22.4 Å². The van der Waals surface area contributed by atoms with Crippen LogP contribution >= 0.6 is 0 Å².